The minimum atomic E-state index is -0.313. The standard InChI is InChI=1S/C20H16ClN5O2S/c1-12-17(18(25-28-12)15-5-3-4-6-16(15)21)19(27)23-13-7-9-14(10-8-13)29-20-24-22-11-26(20)2/h3-11H,1-2H3,(H,23,27). The Bertz CT molecular complexity index is 1170. The first kappa shape index (κ1) is 19.2. The van der Waals surface area contributed by atoms with E-state index >= 15 is 0 Å². The molecule has 1 amide bonds. The van der Waals surface area contributed by atoms with Crippen LogP contribution in [0.15, 0.2) is 69.4 Å². The average Bonchev–Trinajstić information content (AvgIpc) is 3.29. The molecule has 7 nitrogen and oxygen atoms in total. The van der Waals surface area contributed by atoms with Crippen molar-refractivity contribution >= 4 is 35.0 Å². The maximum Gasteiger partial charge on any atom is 0.261 e. The fourth-order valence-electron chi connectivity index (χ4n) is 2.75. The van der Waals surface area contributed by atoms with E-state index in [1.807, 2.05) is 48.0 Å². The van der Waals surface area contributed by atoms with E-state index in [2.05, 4.69) is 20.7 Å². The van der Waals surface area contributed by atoms with Gasteiger partial charge in [0.05, 0.1) is 5.02 Å². The number of amides is 1. The van der Waals surface area contributed by atoms with Gasteiger partial charge in [-0.05, 0) is 49.0 Å². The van der Waals surface area contributed by atoms with E-state index in [9.17, 15) is 4.79 Å². The fraction of sp³-hybridized carbons (Fsp3) is 0.100. The predicted octanol–water partition coefficient (Wildman–Crippen LogP) is 4.84. The van der Waals surface area contributed by atoms with Crippen LogP contribution in [-0.2, 0) is 7.05 Å². The summed E-state index contributed by atoms with van der Waals surface area (Å²) < 4.78 is 7.10. The number of carbonyl (C=O) groups excluding carboxylic acids is 1. The van der Waals surface area contributed by atoms with Gasteiger partial charge in [0, 0.05) is 23.2 Å². The van der Waals surface area contributed by atoms with Crippen LogP contribution in [0.5, 0.6) is 0 Å². The minimum absolute atomic E-state index is 0.313. The highest BCUT2D eigenvalue weighted by molar-refractivity contribution is 7.99. The second-order valence-corrected chi connectivity index (χ2v) is 7.70. The molecule has 0 saturated carbocycles. The van der Waals surface area contributed by atoms with E-state index in [1.54, 1.807) is 25.4 Å². The molecule has 0 radical (unpaired) electrons. The Morgan fingerprint density at radius 3 is 2.62 bits per heavy atom. The Hall–Kier alpha value is -3.10. The molecule has 9 heteroatoms. The van der Waals surface area contributed by atoms with Gasteiger partial charge in [-0.25, -0.2) is 0 Å². The third kappa shape index (κ3) is 4.03. The molecular weight excluding hydrogens is 410 g/mol. The first-order chi connectivity index (χ1) is 14.0. The van der Waals surface area contributed by atoms with Crippen molar-refractivity contribution in [3.63, 3.8) is 0 Å². The first-order valence-corrected chi connectivity index (χ1v) is 9.87. The zero-order valence-electron chi connectivity index (χ0n) is 15.6. The maximum absolute atomic E-state index is 12.9. The molecule has 0 spiro atoms. The number of hydrogen-bond donors (Lipinski definition) is 1. The lowest BCUT2D eigenvalue weighted by Gasteiger charge is -2.07. The van der Waals surface area contributed by atoms with Crippen molar-refractivity contribution < 1.29 is 9.32 Å². The van der Waals surface area contributed by atoms with E-state index in [0.717, 1.165) is 10.1 Å². The molecule has 0 bridgehead atoms. The number of aromatic nitrogens is 4. The third-order valence-electron chi connectivity index (χ3n) is 4.21. The molecule has 1 N–H and O–H groups in total. The predicted molar refractivity (Wildman–Crippen MR) is 111 cm³/mol. The van der Waals surface area contributed by atoms with E-state index < -0.39 is 0 Å². The van der Waals surface area contributed by atoms with Crippen LogP contribution in [0.3, 0.4) is 0 Å². The van der Waals surface area contributed by atoms with Crippen molar-refractivity contribution in [3.8, 4) is 11.3 Å². The summed E-state index contributed by atoms with van der Waals surface area (Å²) in [5.41, 5.74) is 2.07. The Labute approximate surface area is 176 Å². The van der Waals surface area contributed by atoms with Gasteiger partial charge in [-0.1, -0.05) is 35.0 Å². The number of benzene rings is 2. The summed E-state index contributed by atoms with van der Waals surface area (Å²) in [6.07, 6.45) is 1.65. The van der Waals surface area contributed by atoms with E-state index in [-0.39, 0.29) is 5.91 Å². The van der Waals surface area contributed by atoms with Gasteiger partial charge in [0.2, 0.25) is 0 Å². The number of rotatable bonds is 5. The molecular formula is C20H16ClN5O2S. The monoisotopic (exact) mass is 425 g/mol. The van der Waals surface area contributed by atoms with Gasteiger partial charge >= 0.3 is 0 Å². The molecule has 4 rings (SSSR count). The molecule has 146 valence electrons. The van der Waals surface area contributed by atoms with Crippen LogP contribution >= 0.6 is 23.4 Å². The summed E-state index contributed by atoms with van der Waals surface area (Å²) >= 11 is 7.75. The van der Waals surface area contributed by atoms with E-state index in [4.69, 9.17) is 16.1 Å². The summed E-state index contributed by atoms with van der Waals surface area (Å²) in [6, 6.07) is 14.7. The van der Waals surface area contributed by atoms with Crippen molar-refractivity contribution in [2.24, 2.45) is 7.05 Å². The Kier molecular flexibility index (Phi) is 5.37. The number of halogens is 1. The van der Waals surface area contributed by atoms with Gasteiger partial charge < -0.3 is 14.4 Å². The van der Waals surface area contributed by atoms with E-state index in [1.165, 1.54) is 11.8 Å². The summed E-state index contributed by atoms with van der Waals surface area (Å²) in [7, 11) is 1.88. The molecule has 0 atom stereocenters. The highest BCUT2D eigenvalue weighted by Crippen LogP contribution is 2.32. The molecule has 0 saturated heterocycles. The second-order valence-electron chi connectivity index (χ2n) is 6.25. The maximum atomic E-state index is 12.9. The third-order valence-corrected chi connectivity index (χ3v) is 5.60. The highest BCUT2D eigenvalue weighted by atomic mass is 35.5. The molecule has 4 aromatic rings. The molecule has 0 unspecified atom stereocenters. The van der Waals surface area contributed by atoms with Crippen molar-refractivity contribution in [2.75, 3.05) is 5.32 Å². The van der Waals surface area contributed by atoms with Gasteiger partial charge in [0.15, 0.2) is 5.16 Å². The molecule has 2 aromatic heterocycles. The summed E-state index contributed by atoms with van der Waals surface area (Å²) in [5.74, 6) is 0.110. The Morgan fingerprint density at radius 1 is 1.17 bits per heavy atom. The van der Waals surface area contributed by atoms with Gasteiger partial charge in [0.1, 0.15) is 23.3 Å². The van der Waals surface area contributed by atoms with Crippen molar-refractivity contribution in [3.05, 3.63) is 71.2 Å². The first-order valence-electron chi connectivity index (χ1n) is 8.67. The number of nitrogens with one attached hydrogen (secondary N) is 1. The van der Waals surface area contributed by atoms with Gasteiger partial charge in [-0.15, -0.1) is 10.2 Å². The molecule has 0 aliphatic rings. The Balaban J connectivity index is 1.54. The van der Waals surface area contributed by atoms with Crippen LogP contribution in [0.4, 0.5) is 5.69 Å². The Morgan fingerprint density at radius 2 is 1.93 bits per heavy atom. The second kappa shape index (κ2) is 8.10. The smallest absolute Gasteiger partial charge is 0.261 e. The average molecular weight is 426 g/mol. The zero-order chi connectivity index (χ0) is 20.4. The number of hydrogen-bond acceptors (Lipinski definition) is 6. The lowest BCUT2D eigenvalue weighted by atomic mass is 10.1. The summed E-state index contributed by atoms with van der Waals surface area (Å²) in [6.45, 7) is 1.70. The minimum Gasteiger partial charge on any atom is -0.360 e. The van der Waals surface area contributed by atoms with Gasteiger partial charge in [0.25, 0.3) is 5.91 Å². The van der Waals surface area contributed by atoms with Crippen LogP contribution in [0.25, 0.3) is 11.3 Å². The van der Waals surface area contributed by atoms with Crippen LogP contribution in [0, 0.1) is 6.92 Å². The highest BCUT2D eigenvalue weighted by Gasteiger charge is 2.23. The van der Waals surface area contributed by atoms with Crippen LogP contribution in [0.2, 0.25) is 5.02 Å². The lowest BCUT2D eigenvalue weighted by molar-refractivity contribution is 0.102. The van der Waals surface area contributed by atoms with Gasteiger partial charge in [-0.2, -0.15) is 0 Å². The molecule has 0 aliphatic heterocycles. The number of nitrogens with zero attached hydrogens (tertiary/aromatic N) is 4. The quantitative estimate of drug-likeness (QED) is 0.492. The summed E-state index contributed by atoms with van der Waals surface area (Å²) in [4.78, 5) is 13.9. The van der Waals surface area contributed by atoms with Crippen LogP contribution in [0.1, 0.15) is 16.1 Å². The number of carbonyl (C=O) groups is 1. The molecule has 29 heavy (non-hydrogen) atoms. The van der Waals surface area contributed by atoms with Crippen LogP contribution in [-0.4, -0.2) is 25.8 Å². The molecule has 2 heterocycles. The van der Waals surface area contributed by atoms with Crippen molar-refractivity contribution in [1.29, 1.82) is 0 Å². The molecule has 2 aromatic carbocycles. The number of aryl methyl sites for hydroxylation is 2. The SMILES string of the molecule is Cc1onc(-c2ccccc2Cl)c1C(=O)Nc1ccc(Sc2nncn2C)cc1. The largest absolute Gasteiger partial charge is 0.360 e. The van der Waals surface area contributed by atoms with Gasteiger partial charge in [-0.3, -0.25) is 4.79 Å². The normalized spacial score (nSPS) is 10.9. The van der Waals surface area contributed by atoms with Crippen LogP contribution < -0.4 is 5.32 Å². The molecule has 0 aliphatic carbocycles. The number of anilines is 1. The zero-order valence-corrected chi connectivity index (χ0v) is 17.2. The van der Waals surface area contributed by atoms with Crippen molar-refractivity contribution in [2.45, 2.75) is 17.0 Å². The van der Waals surface area contributed by atoms with E-state index in [0.29, 0.717) is 33.3 Å². The fourth-order valence-corrected chi connectivity index (χ4v) is 3.73. The van der Waals surface area contributed by atoms with Crippen molar-refractivity contribution in [1.82, 2.24) is 19.9 Å². The topological polar surface area (TPSA) is 85.8 Å². The lowest BCUT2D eigenvalue weighted by Crippen LogP contribution is -2.13. The molecule has 0 fully saturated rings. The summed E-state index contributed by atoms with van der Waals surface area (Å²) in [5, 5.41) is 16.1.